The van der Waals surface area contributed by atoms with E-state index in [0.717, 1.165) is 30.3 Å². The Kier molecular flexibility index (Phi) is 4.85. The van der Waals surface area contributed by atoms with Gasteiger partial charge in [-0.15, -0.1) is 0 Å². The predicted octanol–water partition coefficient (Wildman–Crippen LogP) is 3.96. The van der Waals surface area contributed by atoms with Crippen LogP contribution in [0.25, 0.3) is 22.4 Å². The highest BCUT2D eigenvalue weighted by molar-refractivity contribution is 7.08. The van der Waals surface area contributed by atoms with E-state index in [1.54, 1.807) is 11.3 Å². The molecule has 0 unspecified atom stereocenters. The number of fused-ring (bicyclic) bond motifs is 1. The molecule has 29 heavy (non-hydrogen) atoms. The summed E-state index contributed by atoms with van der Waals surface area (Å²) < 4.78 is 10.8. The Morgan fingerprint density at radius 2 is 2.14 bits per heavy atom. The van der Waals surface area contributed by atoms with E-state index >= 15 is 0 Å². The number of hydrogen-bond acceptors (Lipinski definition) is 7. The van der Waals surface area contributed by atoms with E-state index in [1.807, 2.05) is 46.0 Å². The van der Waals surface area contributed by atoms with Crippen LogP contribution in [0.15, 0.2) is 50.1 Å². The maximum atomic E-state index is 12.9. The van der Waals surface area contributed by atoms with Crippen LogP contribution in [0.5, 0.6) is 0 Å². The minimum absolute atomic E-state index is 0.0817. The molecular weight excluding hydrogens is 388 g/mol. The van der Waals surface area contributed by atoms with E-state index in [0.29, 0.717) is 41.9 Å². The Morgan fingerprint density at radius 1 is 1.21 bits per heavy atom. The lowest BCUT2D eigenvalue weighted by Gasteiger charge is -2.32. The van der Waals surface area contributed by atoms with Crippen LogP contribution in [0.3, 0.4) is 0 Å². The van der Waals surface area contributed by atoms with Crippen molar-refractivity contribution < 1.29 is 13.8 Å². The van der Waals surface area contributed by atoms with Crippen molar-refractivity contribution in [3.63, 3.8) is 0 Å². The van der Waals surface area contributed by atoms with Crippen LogP contribution in [-0.2, 0) is 17.6 Å². The molecule has 1 atom stereocenters. The summed E-state index contributed by atoms with van der Waals surface area (Å²) in [5.41, 5.74) is 2.39. The molecular formula is C21H20N4O3S. The van der Waals surface area contributed by atoms with Crippen LogP contribution in [0.2, 0.25) is 0 Å². The van der Waals surface area contributed by atoms with Crippen molar-refractivity contribution >= 4 is 28.2 Å². The SMILES string of the molecule is O=C(Cc1noc2ccccc12)N1CCC[C@@H](Cc2nc(-c3ccsc3)no2)C1. The van der Waals surface area contributed by atoms with Crippen molar-refractivity contribution in [2.24, 2.45) is 5.92 Å². The van der Waals surface area contributed by atoms with E-state index in [-0.39, 0.29) is 12.3 Å². The summed E-state index contributed by atoms with van der Waals surface area (Å²) in [6, 6.07) is 9.61. The molecule has 5 rings (SSSR count). The van der Waals surface area contributed by atoms with Crippen molar-refractivity contribution in [2.45, 2.75) is 25.7 Å². The van der Waals surface area contributed by atoms with Gasteiger partial charge in [0.05, 0.1) is 6.42 Å². The number of carbonyl (C=O) groups is 1. The molecule has 3 aromatic heterocycles. The molecule has 1 saturated heterocycles. The second kappa shape index (κ2) is 7.79. The number of benzene rings is 1. The lowest BCUT2D eigenvalue weighted by atomic mass is 9.94. The highest BCUT2D eigenvalue weighted by Crippen LogP contribution is 2.24. The van der Waals surface area contributed by atoms with Gasteiger partial charge in [0.15, 0.2) is 5.58 Å². The Hall–Kier alpha value is -3.00. The molecule has 1 fully saturated rings. The van der Waals surface area contributed by atoms with Gasteiger partial charge >= 0.3 is 0 Å². The number of amides is 1. The van der Waals surface area contributed by atoms with Gasteiger partial charge in [-0.1, -0.05) is 22.4 Å². The number of piperidine rings is 1. The first-order valence-corrected chi connectivity index (χ1v) is 10.7. The summed E-state index contributed by atoms with van der Waals surface area (Å²) in [7, 11) is 0. The first-order chi connectivity index (χ1) is 14.3. The number of likely N-dealkylation sites (tertiary alicyclic amines) is 1. The first-order valence-electron chi connectivity index (χ1n) is 9.72. The lowest BCUT2D eigenvalue weighted by molar-refractivity contribution is -0.132. The summed E-state index contributed by atoms with van der Waals surface area (Å²) in [6.45, 7) is 1.47. The average Bonchev–Trinajstić information content (AvgIpc) is 3.49. The molecule has 0 bridgehead atoms. The van der Waals surface area contributed by atoms with E-state index in [1.165, 1.54) is 0 Å². The molecule has 148 valence electrons. The number of thiophene rings is 1. The smallest absolute Gasteiger partial charge is 0.228 e. The zero-order valence-electron chi connectivity index (χ0n) is 15.8. The fraction of sp³-hybridized carbons (Fsp3) is 0.333. The summed E-state index contributed by atoms with van der Waals surface area (Å²) in [4.78, 5) is 19.3. The van der Waals surface area contributed by atoms with Gasteiger partial charge in [0.2, 0.25) is 17.6 Å². The molecule has 1 aliphatic heterocycles. The highest BCUT2D eigenvalue weighted by atomic mass is 32.1. The zero-order chi connectivity index (χ0) is 19.6. The van der Waals surface area contributed by atoms with E-state index in [2.05, 4.69) is 15.3 Å². The Labute approximate surface area is 171 Å². The maximum Gasteiger partial charge on any atom is 0.228 e. The predicted molar refractivity (Wildman–Crippen MR) is 108 cm³/mol. The Bertz CT molecular complexity index is 1120. The van der Waals surface area contributed by atoms with Gasteiger partial charge in [-0.25, -0.2) is 0 Å². The molecule has 0 saturated carbocycles. The second-order valence-electron chi connectivity index (χ2n) is 7.38. The van der Waals surface area contributed by atoms with Gasteiger partial charge in [0, 0.05) is 35.8 Å². The molecule has 1 aromatic carbocycles. The van der Waals surface area contributed by atoms with Crippen molar-refractivity contribution in [3.8, 4) is 11.4 Å². The molecule has 0 N–H and O–H groups in total. The number of rotatable bonds is 5. The minimum atomic E-state index is 0.0817. The fourth-order valence-electron chi connectivity index (χ4n) is 3.87. The van der Waals surface area contributed by atoms with Crippen molar-refractivity contribution in [3.05, 3.63) is 52.7 Å². The van der Waals surface area contributed by atoms with Crippen molar-refractivity contribution in [1.82, 2.24) is 20.2 Å². The number of aromatic nitrogens is 3. The molecule has 0 aliphatic carbocycles. The van der Waals surface area contributed by atoms with E-state index < -0.39 is 0 Å². The number of nitrogens with zero attached hydrogens (tertiary/aromatic N) is 4. The topological polar surface area (TPSA) is 85.3 Å². The molecule has 4 heterocycles. The lowest BCUT2D eigenvalue weighted by Crippen LogP contribution is -2.41. The quantitative estimate of drug-likeness (QED) is 0.497. The third kappa shape index (κ3) is 3.80. The molecule has 7 nitrogen and oxygen atoms in total. The molecule has 4 aromatic rings. The van der Waals surface area contributed by atoms with Gasteiger partial charge in [-0.3, -0.25) is 4.79 Å². The Balaban J connectivity index is 1.23. The highest BCUT2D eigenvalue weighted by Gasteiger charge is 2.26. The van der Waals surface area contributed by atoms with Gasteiger partial charge in [0.25, 0.3) is 0 Å². The van der Waals surface area contributed by atoms with Gasteiger partial charge in [-0.2, -0.15) is 16.3 Å². The van der Waals surface area contributed by atoms with Gasteiger partial charge < -0.3 is 13.9 Å². The van der Waals surface area contributed by atoms with E-state index in [4.69, 9.17) is 9.05 Å². The minimum Gasteiger partial charge on any atom is -0.356 e. The van der Waals surface area contributed by atoms with Crippen LogP contribution in [0.4, 0.5) is 0 Å². The third-order valence-electron chi connectivity index (χ3n) is 5.35. The summed E-state index contributed by atoms with van der Waals surface area (Å²) in [5.74, 6) is 1.66. The van der Waals surface area contributed by atoms with Crippen molar-refractivity contribution in [1.29, 1.82) is 0 Å². The standard InChI is InChI=1S/C21H20N4O3S/c26-20(11-17-16-5-1-2-6-18(16)27-23-17)25-8-3-4-14(12-25)10-19-22-21(24-28-19)15-7-9-29-13-15/h1-2,5-7,9,13-14H,3-4,8,10-12H2/t14-/m0/s1. The van der Waals surface area contributed by atoms with Crippen LogP contribution in [0.1, 0.15) is 24.4 Å². The van der Waals surface area contributed by atoms with Crippen LogP contribution in [-0.4, -0.2) is 39.2 Å². The van der Waals surface area contributed by atoms with Crippen molar-refractivity contribution in [2.75, 3.05) is 13.1 Å². The van der Waals surface area contributed by atoms with Crippen LogP contribution >= 0.6 is 11.3 Å². The summed E-state index contributed by atoms with van der Waals surface area (Å²) in [5, 5.41) is 13.1. The second-order valence-corrected chi connectivity index (χ2v) is 8.16. The number of para-hydroxylation sites is 1. The van der Waals surface area contributed by atoms with Crippen LogP contribution in [0, 0.1) is 5.92 Å². The average molecular weight is 408 g/mol. The van der Waals surface area contributed by atoms with Crippen LogP contribution < -0.4 is 0 Å². The summed E-state index contributed by atoms with van der Waals surface area (Å²) >= 11 is 1.61. The molecule has 1 aliphatic rings. The molecule has 1 amide bonds. The molecule has 0 spiro atoms. The fourth-order valence-corrected chi connectivity index (χ4v) is 4.51. The monoisotopic (exact) mass is 408 g/mol. The largest absolute Gasteiger partial charge is 0.356 e. The maximum absolute atomic E-state index is 12.9. The molecule has 8 heteroatoms. The zero-order valence-corrected chi connectivity index (χ0v) is 16.6. The third-order valence-corrected chi connectivity index (χ3v) is 6.04. The van der Waals surface area contributed by atoms with Gasteiger partial charge in [-0.05, 0) is 42.3 Å². The number of carbonyl (C=O) groups excluding carboxylic acids is 1. The summed E-state index contributed by atoms with van der Waals surface area (Å²) in [6.07, 6.45) is 2.97. The normalized spacial score (nSPS) is 17.1. The first kappa shape index (κ1) is 18.1. The van der Waals surface area contributed by atoms with E-state index in [9.17, 15) is 4.79 Å². The van der Waals surface area contributed by atoms with Gasteiger partial charge in [0.1, 0.15) is 5.69 Å². The number of hydrogen-bond donors (Lipinski definition) is 0. The Morgan fingerprint density at radius 3 is 3.03 bits per heavy atom. The molecule has 0 radical (unpaired) electrons.